The van der Waals surface area contributed by atoms with Crippen molar-refractivity contribution in [2.24, 2.45) is 0 Å². The van der Waals surface area contributed by atoms with E-state index in [4.69, 9.17) is 4.74 Å². The van der Waals surface area contributed by atoms with Crippen molar-refractivity contribution >= 4 is 17.6 Å². The average Bonchev–Trinajstić information content (AvgIpc) is 2.88. The van der Waals surface area contributed by atoms with Gasteiger partial charge < -0.3 is 15.2 Å². The molecule has 1 aliphatic heterocycles. The van der Waals surface area contributed by atoms with Gasteiger partial charge in [-0.2, -0.15) is 5.10 Å². The Hall–Kier alpha value is -2.49. The van der Waals surface area contributed by atoms with Crippen molar-refractivity contribution in [3.63, 3.8) is 0 Å². The lowest BCUT2D eigenvalue weighted by Gasteiger charge is -2.33. The van der Waals surface area contributed by atoms with Crippen molar-refractivity contribution in [1.29, 1.82) is 0 Å². The van der Waals surface area contributed by atoms with Crippen LogP contribution in [-0.2, 0) is 20.9 Å². The predicted octanol–water partition coefficient (Wildman–Crippen LogP) is -0.459. The highest BCUT2D eigenvalue weighted by Crippen LogP contribution is 2.21. The largest absolute Gasteiger partial charge is 0.480 e. The summed E-state index contributed by atoms with van der Waals surface area (Å²) in [7, 11) is 0. The number of carbonyl (C=O) groups is 2. The van der Waals surface area contributed by atoms with Gasteiger partial charge in [0.1, 0.15) is 24.5 Å². The lowest BCUT2D eigenvalue weighted by Crippen LogP contribution is -2.58. The van der Waals surface area contributed by atoms with Gasteiger partial charge in [-0.3, -0.25) is 19.6 Å². The fourth-order valence-electron chi connectivity index (χ4n) is 2.10. The molecule has 0 unspecified atom stereocenters. The molecule has 10 nitrogen and oxygen atoms in total. The Morgan fingerprint density at radius 3 is 2.71 bits per heavy atom. The summed E-state index contributed by atoms with van der Waals surface area (Å²) in [6, 6.07) is 0. The Kier molecular flexibility index (Phi) is 4.17. The molecular formula is C11H14N4O6. The summed E-state index contributed by atoms with van der Waals surface area (Å²) >= 11 is 0. The van der Waals surface area contributed by atoms with Gasteiger partial charge >= 0.3 is 11.7 Å². The lowest BCUT2D eigenvalue weighted by atomic mass is 9.90. The first-order chi connectivity index (χ1) is 9.93. The highest BCUT2D eigenvalue weighted by atomic mass is 16.6. The number of nitrogens with one attached hydrogen (secondary N) is 1. The number of carboxylic acid groups (broad SMARTS) is 1. The topological polar surface area (TPSA) is 137 Å². The third kappa shape index (κ3) is 3.34. The SMILES string of the molecule is O=C(Cn1cc([N+](=O)[O-])cn1)NC1(C(=O)O)CCOCC1. The molecule has 0 bridgehead atoms. The molecule has 0 aromatic carbocycles. The Labute approximate surface area is 118 Å². The fourth-order valence-corrected chi connectivity index (χ4v) is 2.10. The molecule has 1 saturated heterocycles. The molecule has 21 heavy (non-hydrogen) atoms. The number of carboxylic acids is 1. The molecule has 2 heterocycles. The Balaban J connectivity index is 2.02. The van der Waals surface area contributed by atoms with E-state index < -0.39 is 22.3 Å². The first kappa shape index (κ1) is 14.9. The Morgan fingerprint density at radius 2 is 2.19 bits per heavy atom. The van der Waals surface area contributed by atoms with Crippen molar-refractivity contribution < 1.29 is 24.4 Å². The summed E-state index contributed by atoms with van der Waals surface area (Å²) < 4.78 is 6.18. The average molecular weight is 298 g/mol. The third-order valence-corrected chi connectivity index (χ3v) is 3.27. The number of aromatic nitrogens is 2. The first-order valence-corrected chi connectivity index (χ1v) is 6.22. The molecule has 2 N–H and O–H groups in total. The second-order valence-electron chi connectivity index (χ2n) is 4.70. The monoisotopic (exact) mass is 298 g/mol. The van der Waals surface area contributed by atoms with Crippen molar-refractivity contribution in [2.45, 2.75) is 24.9 Å². The van der Waals surface area contributed by atoms with Crippen molar-refractivity contribution in [3.05, 3.63) is 22.5 Å². The van der Waals surface area contributed by atoms with Gasteiger partial charge in [-0.05, 0) is 0 Å². The minimum Gasteiger partial charge on any atom is -0.480 e. The van der Waals surface area contributed by atoms with Crippen LogP contribution < -0.4 is 5.32 Å². The molecule has 1 fully saturated rings. The van der Waals surface area contributed by atoms with Crippen LogP contribution in [0.25, 0.3) is 0 Å². The summed E-state index contributed by atoms with van der Waals surface area (Å²) in [5, 5.41) is 26.0. The number of hydrogen-bond donors (Lipinski definition) is 2. The van der Waals surface area contributed by atoms with Crippen molar-refractivity contribution in [2.75, 3.05) is 13.2 Å². The molecule has 0 saturated carbocycles. The number of rotatable bonds is 5. The second kappa shape index (κ2) is 5.87. The highest BCUT2D eigenvalue weighted by molar-refractivity contribution is 5.87. The first-order valence-electron chi connectivity index (χ1n) is 6.22. The Bertz CT molecular complexity index is 563. The molecule has 1 aliphatic rings. The van der Waals surface area contributed by atoms with E-state index in [-0.39, 0.29) is 38.3 Å². The molecule has 2 rings (SSSR count). The van der Waals surface area contributed by atoms with E-state index in [0.29, 0.717) is 0 Å². The van der Waals surface area contributed by atoms with E-state index >= 15 is 0 Å². The zero-order valence-electron chi connectivity index (χ0n) is 11.0. The van der Waals surface area contributed by atoms with E-state index in [0.717, 1.165) is 17.1 Å². The predicted molar refractivity (Wildman–Crippen MR) is 67.4 cm³/mol. The van der Waals surface area contributed by atoms with E-state index in [1.165, 1.54) is 0 Å². The fraction of sp³-hybridized carbons (Fsp3) is 0.545. The second-order valence-corrected chi connectivity index (χ2v) is 4.70. The minimum absolute atomic E-state index is 0.174. The number of aliphatic carboxylic acids is 1. The van der Waals surface area contributed by atoms with Crippen LogP contribution in [0.4, 0.5) is 5.69 Å². The molecule has 0 aliphatic carbocycles. The molecule has 1 aromatic heterocycles. The number of amides is 1. The van der Waals surface area contributed by atoms with Crippen LogP contribution in [0.2, 0.25) is 0 Å². The van der Waals surface area contributed by atoms with Crippen LogP contribution in [0, 0.1) is 10.1 Å². The molecule has 0 spiro atoms. The van der Waals surface area contributed by atoms with Gasteiger partial charge in [0, 0.05) is 26.1 Å². The maximum atomic E-state index is 11.9. The summed E-state index contributed by atoms with van der Waals surface area (Å²) in [4.78, 5) is 33.2. The van der Waals surface area contributed by atoms with Gasteiger partial charge in [-0.25, -0.2) is 4.79 Å². The van der Waals surface area contributed by atoms with Gasteiger partial charge in [0.2, 0.25) is 5.91 Å². The summed E-state index contributed by atoms with van der Waals surface area (Å²) in [6.07, 6.45) is 2.48. The maximum absolute atomic E-state index is 11.9. The lowest BCUT2D eigenvalue weighted by molar-refractivity contribution is -0.385. The molecule has 114 valence electrons. The van der Waals surface area contributed by atoms with Crippen LogP contribution in [0.5, 0.6) is 0 Å². The Morgan fingerprint density at radius 1 is 1.52 bits per heavy atom. The molecule has 0 atom stereocenters. The zero-order chi connectivity index (χ0) is 15.5. The number of nitro groups is 1. The van der Waals surface area contributed by atoms with Crippen LogP contribution in [-0.4, -0.2) is 50.4 Å². The minimum atomic E-state index is -1.35. The van der Waals surface area contributed by atoms with Gasteiger partial charge in [0.05, 0.1) is 4.92 Å². The molecule has 1 amide bonds. The third-order valence-electron chi connectivity index (χ3n) is 3.27. The van der Waals surface area contributed by atoms with E-state index in [1.807, 2.05) is 0 Å². The van der Waals surface area contributed by atoms with Gasteiger partial charge in [-0.1, -0.05) is 0 Å². The number of hydrogen-bond acceptors (Lipinski definition) is 6. The maximum Gasteiger partial charge on any atom is 0.329 e. The summed E-state index contributed by atoms with van der Waals surface area (Å²) in [5.74, 6) is -1.69. The van der Waals surface area contributed by atoms with E-state index in [9.17, 15) is 24.8 Å². The zero-order valence-corrected chi connectivity index (χ0v) is 11.0. The van der Waals surface area contributed by atoms with Crippen LogP contribution in [0.15, 0.2) is 12.4 Å². The van der Waals surface area contributed by atoms with Gasteiger partial charge in [0.15, 0.2) is 0 Å². The van der Waals surface area contributed by atoms with E-state index in [1.54, 1.807) is 0 Å². The molecular weight excluding hydrogens is 284 g/mol. The van der Waals surface area contributed by atoms with Crippen LogP contribution in [0.1, 0.15) is 12.8 Å². The standard InChI is InChI=1S/C11H14N4O6/c16-9(7-14-6-8(5-12-14)15(19)20)13-11(10(17)18)1-3-21-4-2-11/h5-6H,1-4,7H2,(H,13,16)(H,17,18). The van der Waals surface area contributed by atoms with E-state index in [2.05, 4.69) is 10.4 Å². The van der Waals surface area contributed by atoms with Gasteiger partial charge in [0.25, 0.3) is 0 Å². The van der Waals surface area contributed by atoms with Crippen LogP contribution >= 0.6 is 0 Å². The smallest absolute Gasteiger partial charge is 0.329 e. The quantitative estimate of drug-likeness (QED) is 0.554. The van der Waals surface area contributed by atoms with Crippen molar-refractivity contribution in [3.8, 4) is 0 Å². The number of carbonyl (C=O) groups excluding carboxylic acids is 1. The summed E-state index contributed by atoms with van der Waals surface area (Å²) in [6.45, 7) is 0.212. The molecule has 0 radical (unpaired) electrons. The van der Waals surface area contributed by atoms with Crippen LogP contribution in [0.3, 0.4) is 0 Å². The number of nitrogens with zero attached hydrogens (tertiary/aromatic N) is 3. The molecule has 1 aromatic rings. The van der Waals surface area contributed by atoms with Gasteiger partial charge in [-0.15, -0.1) is 0 Å². The summed E-state index contributed by atoms with van der Waals surface area (Å²) in [5.41, 5.74) is -1.59. The van der Waals surface area contributed by atoms with Crippen molar-refractivity contribution in [1.82, 2.24) is 15.1 Å². The number of ether oxygens (including phenoxy) is 1. The normalized spacial score (nSPS) is 17.1. The highest BCUT2D eigenvalue weighted by Gasteiger charge is 2.41. The molecule has 10 heteroatoms.